The van der Waals surface area contributed by atoms with Gasteiger partial charge in [0.05, 0.1) is 0 Å². The van der Waals surface area contributed by atoms with E-state index in [1.807, 2.05) is 0 Å². The maximum absolute atomic E-state index is 11.6. The van der Waals surface area contributed by atoms with Gasteiger partial charge in [-0.2, -0.15) is 0 Å². The second kappa shape index (κ2) is 6.44. The first-order valence-electron chi connectivity index (χ1n) is 5.30. The van der Waals surface area contributed by atoms with Gasteiger partial charge in [-0.05, 0) is 18.4 Å². The minimum absolute atomic E-state index is 0.228. The summed E-state index contributed by atoms with van der Waals surface area (Å²) in [5.74, 6) is -0.878. The highest BCUT2D eigenvalue weighted by molar-refractivity contribution is 5.82. The molecule has 1 rings (SSSR count). The number of carbonyl (C=O) groups excluding carboxylic acids is 1. The molecule has 92 valence electrons. The van der Waals surface area contributed by atoms with Gasteiger partial charge in [0.25, 0.3) is 0 Å². The molecule has 1 heterocycles. The van der Waals surface area contributed by atoms with E-state index >= 15 is 0 Å². The number of carbonyl (C=O) groups is 1. The number of rotatable bonds is 6. The number of aromatic hydroxyl groups is 2. The fourth-order valence-corrected chi connectivity index (χ4v) is 1.46. The van der Waals surface area contributed by atoms with Crippen LogP contribution < -0.4 is 0 Å². The van der Waals surface area contributed by atoms with Crippen molar-refractivity contribution in [2.45, 2.75) is 25.7 Å². The zero-order valence-electron chi connectivity index (χ0n) is 9.28. The summed E-state index contributed by atoms with van der Waals surface area (Å²) < 4.78 is 0.868. The third kappa shape index (κ3) is 3.73. The lowest BCUT2D eigenvalue weighted by Crippen LogP contribution is -2.09. The predicted octanol–water partition coefficient (Wildman–Crippen LogP) is 2.41. The highest BCUT2D eigenvalue weighted by Gasteiger charge is 2.13. The molecule has 0 amide bonds. The summed E-state index contributed by atoms with van der Waals surface area (Å²) in [6, 6.07) is 2.52. The molecule has 0 radical (unpaired) electrons. The van der Waals surface area contributed by atoms with Crippen LogP contribution in [-0.4, -0.2) is 27.2 Å². The van der Waals surface area contributed by atoms with E-state index in [1.54, 1.807) is 0 Å². The Hall–Kier alpha value is -2.14. The first-order valence-corrected chi connectivity index (χ1v) is 5.30. The average molecular weight is 238 g/mol. The summed E-state index contributed by atoms with van der Waals surface area (Å²) in [5, 5.41) is 22.0. The quantitative estimate of drug-likeness (QED) is 0.343. The summed E-state index contributed by atoms with van der Waals surface area (Å²) in [6.07, 6.45) is 2.33. The fourth-order valence-electron chi connectivity index (χ4n) is 1.46. The Morgan fingerprint density at radius 2 is 1.94 bits per heavy atom. The van der Waals surface area contributed by atoms with Gasteiger partial charge in [0.1, 0.15) is 0 Å². The van der Waals surface area contributed by atoms with Crippen molar-refractivity contribution < 1.29 is 15.0 Å². The van der Waals surface area contributed by atoms with Gasteiger partial charge in [0, 0.05) is 30.0 Å². The second-order valence-electron chi connectivity index (χ2n) is 3.54. The van der Waals surface area contributed by atoms with E-state index in [-0.39, 0.29) is 24.1 Å². The number of unbranched alkanes of at least 4 members (excludes halogenated alkanes) is 2. The smallest absolute Gasteiger partial charge is 0.236 e. The average Bonchev–Trinajstić information content (AvgIpc) is 2.63. The summed E-state index contributed by atoms with van der Waals surface area (Å²) >= 11 is 0. The van der Waals surface area contributed by atoms with Gasteiger partial charge >= 0.3 is 0 Å². The molecular formula is C10H14N4O3. The van der Waals surface area contributed by atoms with Crippen LogP contribution in [0.15, 0.2) is 17.2 Å². The van der Waals surface area contributed by atoms with Crippen molar-refractivity contribution in [1.82, 2.24) is 4.57 Å². The molecule has 2 N–H and O–H groups in total. The summed E-state index contributed by atoms with van der Waals surface area (Å²) in [7, 11) is 0. The van der Waals surface area contributed by atoms with Gasteiger partial charge < -0.3 is 10.2 Å². The lowest BCUT2D eigenvalue weighted by atomic mass is 10.2. The number of nitrogens with zero attached hydrogens (tertiary/aromatic N) is 4. The van der Waals surface area contributed by atoms with Crippen LogP contribution in [0.2, 0.25) is 0 Å². The Bertz CT molecular complexity index is 415. The zero-order valence-corrected chi connectivity index (χ0v) is 9.28. The van der Waals surface area contributed by atoms with E-state index in [9.17, 15) is 15.0 Å². The number of aromatic nitrogens is 1. The van der Waals surface area contributed by atoms with E-state index in [2.05, 4.69) is 10.0 Å². The van der Waals surface area contributed by atoms with Gasteiger partial charge in [0.15, 0.2) is 0 Å². The summed E-state index contributed by atoms with van der Waals surface area (Å²) in [5.41, 5.74) is 8.04. The Labute approximate surface area is 97.9 Å². The highest BCUT2D eigenvalue weighted by Crippen LogP contribution is 2.21. The lowest BCUT2D eigenvalue weighted by molar-refractivity contribution is 0.0880. The molecule has 0 unspecified atom stereocenters. The van der Waals surface area contributed by atoms with Crippen LogP contribution in [0.5, 0.6) is 11.8 Å². The van der Waals surface area contributed by atoms with Gasteiger partial charge in [0.2, 0.25) is 17.7 Å². The molecule has 0 aliphatic heterocycles. The molecule has 0 bridgehead atoms. The maximum atomic E-state index is 11.6. The Balaban J connectivity index is 2.33. The SMILES string of the molecule is [N-]=[N+]=NCCCCCC(=O)n1c(O)ccc1O. The Morgan fingerprint density at radius 3 is 2.53 bits per heavy atom. The third-order valence-corrected chi connectivity index (χ3v) is 2.30. The third-order valence-electron chi connectivity index (χ3n) is 2.30. The fraction of sp³-hybridized carbons (Fsp3) is 0.500. The number of azide groups is 1. The molecule has 0 spiro atoms. The Kier molecular flexibility index (Phi) is 4.90. The van der Waals surface area contributed by atoms with E-state index < -0.39 is 0 Å². The molecule has 7 heteroatoms. The first kappa shape index (κ1) is 12.9. The van der Waals surface area contributed by atoms with Crippen LogP contribution in [-0.2, 0) is 0 Å². The largest absolute Gasteiger partial charge is 0.494 e. The highest BCUT2D eigenvalue weighted by atomic mass is 16.3. The topological polar surface area (TPSA) is 111 Å². The molecule has 0 fully saturated rings. The molecule has 1 aromatic rings. The second-order valence-corrected chi connectivity index (χ2v) is 3.54. The first-order chi connectivity index (χ1) is 8.16. The van der Waals surface area contributed by atoms with Crippen LogP contribution in [0, 0.1) is 0 Å². The van der Waals surface area contributed by atoms with Gasteiger partial charge in [-0.25, -0.2) is 4.57 Å². The summed E-state index contributed by atoms with van der Waals surface area (Å²) in [4.78, 5) is 14.2. The van der Waals surface area contributed by atoms with Crippen molar-refractivity contribution >= 4 is 5.91 Å². The molecule has 17 heavy (non-hydrogen) atoms. The van der Waals surface area contributed by atoms with Crippen LogP contribution in [0.25, 0.3) is 10.4 Å². The van der Waals surface area contributed by atoms with Gasteiger partial charge in [-0.3, -0.25) is 4.79 Å². The van der Waals surface area contributed by atoms with Crippen LogP contribution in [0.3, 0.4) is 0 Å². The van der Waals surface area contributed by atoms with E-state index in [0.29, 0.717) is 13.0 Å². The van der Waals surface area contributed by atoms with Gasteiger partial charge in [-0.15, -0.1) is 0 Å². The monoisotopic (exact) mass is 238 g/mol. The lowest BCUT2D eigenvalue weighted by Gasteiger charge is -2.04. The van der Waals surface area contributed by atoms with Gasteiger partial charge in [-0.1, -0.05) is 11.5 Å². The molecule has 0 atom stereocenters. The molecule has 7 nitrogen and oxygen atoms in total. The normalized spacial score (nSPS) is 9.88. The molecule has 1 aromatic heterocycles. The maximum Gasteiger partial charge on any atom is 0.236 e. The zero-order chi connectivity index (χ0) is 12.7. The van der Waals surface area contributed by atoms with Crippen molar-refractivity contribution in [2.24, 2.45) is 5.11 Å². The van der Waals surface area contributed by atoms with Crippen molar-refractivity contribution in [3.63, 3.8) is 0 Å². The number of hydrogen-bond acceptors (Lipinski definition) is 4. The number of hydrogen-bond donors (Lipinski definition) is 2. The predicted molar refractivity (Wildman–Crippen MR) is 60.9 cm³/mol. The molecule has 0 aromatic carbocycles. The molecule has 0 aliphatic carbocycles. The molecule has 0 saturated carbocycles. The Morgan fingerprint density at radius 1 is 1.29 bits per heavy atom. The minimum Gasteiger partial charge on any atom is -0.494 e. The summed E-state index contributed by atoms with van der Waals surface area (Å²) in [6.45, 7) is 0.421. The standard InChI is InChI=1S/C10H14N4O3/c11-13-12-7-3-1-2-4-8(15)14-9(16)5-6-10(14)17/h5-6,16-17H,1-4,7H2. The van der Waals surface area contributed by atoms with Crippen LogP contribution >= 0.6 is 0 Å². The molecule has 0 saturated heterocycles. The van der Waals surface area contributed by atoms with E-state index in [0.717, 1.165) is 17.4 Å². The molecular weight excluding hydrogens is 224 g/mol. The van der Waals surface area contributed by atoms with E-state index in [1.165, 1.54) is 12.1 Å². The molecule has 0 aliphatic rings. The minimum atomic E-state index is -0.353. The van der Waals surface area contributed by atoms with E-state index in [4.69, 9.17) is 5.53 Å². The van der Waals surface area contributed by atoms with Crippen molar-refractivity contribution in [1.29, 1.82) is 0 Å². The van der Waals surface area contributed by atoms with Crippen LogP contribution in [0.1, 0.15) is 30.5 Å². The van der Waals surface area contributed by atoms with Crippen molar-refractivity contribution in [3.05, 3.63) is 22.6 Å². The van der Waals surface area contributed by atoms with Crippen molar-refractivity contribution in [3.8, 4) is 11.8 Å². The van der Waals surface area contributed by atoms with Crippen LogP contribution in [0.4, 0.5) is 0 Å². The van der Waals surface area contributed by atoms with Crippen molar-refractivity contribution in [2.75, 3.05) is 6.54 Å².